The minimum absolute atomic E-state index is 0.00488. The van der Waals surface area contributed by atoms with Gasteiger partial charge in [0.25, 0.3) is 5.91 Å². The fraction of sp³-hybridized carbons (Fsp3) is 0.143. The van der Waals surface area contributed by atoms with Gasteiger partial charge in [-0.15, -0.1) is 0 Å². The fourth-order valence-electron chi connectivity index (χ4n) is 2.60. The lowest BCUT2D eigenvalue weighted by atomic mass is 10.1. The lowest BCUT2D eigenvalue weighted by Gasteiger charge is -2.13. The average Bonchev–Trinajstić information content (AvgIpc) is 2.69. The molecule has 1 amide bonds. The monoisotopic (exact) mass is 399 g/mol. The molecule has 0 aliphatic heterocycles. The van der Waals surface area contributed by atoms with Crippen molar-refractivity contribution in [2.45, 2.75) is 6.42 Å². The van der Waals surface area contributed by atoms with Crippen molar-refractivity contribution < 1.29 is 13.9 Å². The zero-order chi connectivity index (χ0) is 19.9. The van der Waals surface area contributed by atoms with E-state index < -0.39 is 5.82 Å². The van der Waals surface area contributed by atoms with Gasteiger partial charge in [0, 0.05) is 53.6 Å². The first-order chi connectivity index (χ1) is 13.5. The number of aromatic nitrogens is 1. The number of amides is 1. The van der Waals surface area contributed by atoms with Crippen LogP contribution in [-0.4, -0.2) is 24.0 Å². The highest BCUT2D eigenvalue weighted by Crippen LogP contribution is 2.23. The van der Waals surface area contributed by atoms with Crippen LogP contribution >= 0.6 is 11.6 Å². The molecule has 0 spiro atoms. The van der Waals surface area contributed by atoms with Crippen LogP contribution in [0.25, 0.3) is 10.8 Å². The Morgan fingerprint density at radius 3 is 2.93 bits per heavy atom. The summed E-state index contributed by atoms with van der Waals surface area (Å²) in [5.74, 6) is -0.654. The van der Waals surface area contributed by atoms with E-state index in [1.807, 2.05) is 24.3 Å². The Kier molecular flexibility index (Phi) is 6.45. The summed E-state index contributed by atoms with van der Waals surface area (Å²) in [6.07, 6.45) is 4.09. The first kappa shape index (κ1) is 19.6. The van der Waals surface area contributed by atoms with Crippen molar-refractivity contribution in [3.05, 3.63) is 78.0 Å². The first-order valence-electron chi connectivity index (χ1n) is 8.65. The van der Waals surface area contributed by atoms with E-state index in [4.69, 9.17) is 16.3 Å². The van der Waals surface area contributed by atoms with Gasteiger partial charge in [0.05, 0.1) is 5.02 Å². The van der Waals surface area contributed by atoms with Crippen LogP contribution in [0.5, 0.6) is 5.75 Å². The molecule has 1 aromatic heterocycles. The maximum atomic E-state index is 13.3. The van der Waals surface area contributed by atoms with Crippen LogP contribution in [0.2, 0.25) is 5.02 Å². The summed E-state index contributed by atoms with van der Waals surface area (Å²) in [6, 6.07) is 11.9. The number of hydrogen-bond donors (Lipinski definition) is 2. The second-order valence-corrected chi connectivity index (χ2v) is 6.50. The van der Waals surface area contributed by atoms with Crippen molar-refractivity contribution in [1.29, 1.82) is 0 Å². The third-order valence-corrected chi connectivity index (χ3v) is 4.31. The number of carbonyl (C=O) groups is 1. The normalized spacial score (nSPS) is 10.5. The minimum Gasteiger partial charge on any atom is -0.484 e. The second kappa shape index (κ2) is 9.19. The average molecular weight is 400 g/mol. The van der Waals surface area contributed by atoms with Gasteiger partial charge < -0.3 is 15.4 Å². The largest absolute Gasteiger partial charge is 0.484 e. The van der Waals surface area contributed by atoms with Crippen LogP contribution in [0, 0.1) is 5.82 Å². The summed E-state index contributed by atoms with van der Waals surface area (Å²) in [7, 11) is 0. The number of anilines is 1. The first-order valence-corrected chi connectivity index (χ1v) is 9.03. The number of nitrogens with one attached hydrogen (secondary N) is 2. The van der Waals surface area contributed by atoms with Gasteiger partial charge in [-0.25, -0.2) is 4.39 Å². The van der Waals surface area contributed by atoms with Crippen LogP contribution in [0.15, 0.2) is 67.1 Å². The van der Waals surface area contributed by atoms with Crippen molar-refractivity contribution in [2.75, 3.05) is 18.5 Å². The lowest BCUT2D eigenvalue weighted by molar-refractivity contribution is -0.123. The van der Waals surface area contributed by atoms with Gasteiger partial charge in [-0.1, -0.05) is 30.3 Å². The molecule has 0 saturated carbocycles. The van der Waals surface area contributed by atoms with Gasteiger partial charge in [0.15, 0.2) is 6.61 Å². The Hall–Kier alpha value is -3.12. The molecule has 5 nitrogen and oxygen atoms in total. The molecule has 1 heterocycles. The van der Waals surface area contributed by atoms with Crippen LogP contribution in [0.4, 0.5) is 10.1 Å². The molecule has 2 aromatic carbocycles. The molecule has 2 N–H and O–H groups in total. The Bertz CT molecular complexity index is 1000. The number of halogens is 2. The highest BCUT2D eigenvalue weighted by atomic mass is 35.5. The van der Waals surface area contributed by atoms with Crippen molar-refractivity contribution in [2.24, 2.45) is 0 Å². The number of benzene rings is 2. The number of nitrogens with zero attached hydrogens (tertiary/aromatic N) is 1. The molecule has 3 rings (SSSR count). The van der Waals surface area contributed by atoms with Crippen molar-refractivity contribution >= 4 is 34.0 Å². The second-order valence-electron chi connectivity index (χ2n) is 6.10. The molecule has 0 fully saturated rings. The summed E-state index contributed by atoms with van der Waals surface area (Å²) in [5, 5.41) is 8.09. The molecule has 0 aliphatic rings. The van der Waals surface area contributed by atoms with E-state index >= 15 is 0 Å². The smallest absolute Gasteiger partial charge is 0.257 e. The topological polar surface area (TPSA) is 63.2 Å². The molecular formula is C21H19ClFN3O2. The summed E-state index contributed by atoms with van der Waals surface area (Å²) in [5.41, 5.74) is 1.70. The predicted molar refractivity (Wildman–Crippen MR) is 109 cm³/mol. The van der Waals surface area contributed by atoms with E-state index in [1.165, 1.54) is 12.1 Å². The quantitative estimate of drug-likeness (QED) is 0.583. The van der Waals surface area contributed by atoms with E-state index in [0.29, 0.717) is 13.0 Å². The summed E-state index contributed by atoms with van der Waals surface area (Å²) in [6.45, 7) is 4.19. The standard InChI is InChI=1S/C21H19ClFN3O2/c1-14(26-20-4-2-3-15-12-24-9-8-17(15)20)7-10-25-21(27)13-28-16-5-6-18(22)19(23)11-16/h2-6,8-9,11-12,26H,1,7,10,13H2,(H,25,27). The van der Waals surface area contributed by atoms with Gasteiger partial charge >= 0.3 is 0 Å². The van der Waals surface area contributed by atoms with Crippen LogP contribution < -0.4 is 15.4 Å². The lowest BCUT2D eigenvalue weighted by Crippen LogP contribution is -2.30. The number of hydrogen-bond acceptors (Lipinski definition) is 4. The molecule has 144 valence electrons. The molecule has 0 bridgehead atoms. The Morgan fingerprint density at radius 1 is 1.25 bits per heavy atom. The summed E-state index contributed by atoms with van der Waals surface area (Å²) >= 11 is 5.60. The SMILES string of the molecule is C=C(CCNC(=O)COc1ccc(Cl)c(F)c1)Nc1cccc2cnccc12. The highest BCUT2D eigenvalue weighted by Gasteiger charge is 2.06. The van der Waals surface area contributed by atoms with Gasteiger partial charge in [0.2, 0.25) is 0 Å². The van der Waals surface area contributed by atoms with E-state index in [1.54, 1.807) is 12.4 Å². The maximum absolute atomic E-state index is 13.3. The number of fused-ring (bicyclic) bond motifs is 1. The number of pyridine rings is 1. The molecule has 0 saturated heterocycles. The zero-order valence-electron chi connectivity index (χ0n) is 15.0. The van der Waals surface area contributed by atoms with E-state index in [2.05, 4.69) is 22.2 Å². The van der Waals surface area contributed by atoms with Gasteiger partial charge in [-0.3, -0.25) is 9.78 Å². The number of carbonyl (C=O) groups excluding carboxylic acids is 1. The number of ether oxygens (including phenoxy) is 1. The Balaban J connectivity index is 1.43. The molecule has 0 unspecified atom stereocenters. The van der Waals surface area contributed by atoms with Crippen molar-refractivity contribution in [1.82, 2.24) is 10.3 Å². The number of rotatable bonds is 8. The minimum atomic E-state index is -0.592. The van der Waals surface area contributed by atoms with Crippen molar-refractivity contribution in [3.63, 3.8) is 0 Å². The molecular weight excluding hydrogens is 381 g/mol. The van der Waals surface area contributed by atoms with E-state index in [9.17, 15) is 9.18 Å². The predicted octanol–water partition coefficient (Wildman–Crippen LogP) is 4.54. The molecule has 3 aromatic rings. The highest BCUT2D eigenvalue weighted by molar-refractivity contribution is 6.30. The fourth-order valence-corrected chi connectivity index (χ4v) is 2.72. The van der Waals surface area contributed by atoms with Crippen LogP contribution in [0.3, 0.4) is 0 Å². The Labute approximate surface area is 167 Å². The zero-order valence-corrected chi connectivity index (χ0v) is 15.8. The molecule has 0 atom stereocenters. The molecule has 0 radical (unpaired) electrons. The van der Waals surface area contributed by atoms with Crippen LogP contribution in [0.1, 0.15) is 6.42 Å². The Morgan fingerprint density at radius 2 is 2.11 bits per heavy atom. The molecule has 28 heavy (non-hydrogen) atoms. The maximum Gasteiger partial charge on any atom is 0.257 e. The van der Waals surface area contributed by atoms with Crippen LogP contribution in [-0.2, 0) is 4.79 Å². The molecule has 7 heteroatoms. The van der Waals surface area contributed by atoms with E-state index in [-0.39, 0.29) is 23.3 Å². The summed E-state index contributed by atoms with van der Waals surface area (Å²) in [4.78, 5) is 16.0. The van der Waals surface area contributed by atoms with Gasteiger partial charge in [0.1, 0.15) is 11.6 Å². The third-order valence-electron chi connectivity index (χ3n) is 4.00. The summed E-state index contributed by atoms with van der Waals surface area (Å²) < 4.78 is 18.6. The van der Waals surface area contributed by atoms with Gasteiger partial charge in [-0.2, -0.15) is 0 Å². The van der Waals surface area contributed by atoms with Crippen molar-refractivity contribution in [3.8, 4) is 5.75 Å². The van der Waals surface area contributed by atoms with E-state index in [0.717, 1.165) is 28.2 Å². The third kappa shape index (κ3) is 5.20. The molecule has 0 aliphatic carbocycles. The van der Waals surface area contributed by atoms with Gasteiger partial charge in [-0.05, 0) is 24.3 Å².